The second-order valence-electron chi connectivity index (χ2n) is 6.46. The van der Waals surface area contributed by atoms with Crippen LogP contribution in [-0.4, -0.2) is 41.0 Å². The van der Waals surface area contributed by atoms with Gasteiger partial charge in [-0.05, 0) is 37.5 Å². The van der Waals surface area contributed by atoms with Crippen LogP contribution in [0.15, 0.2) is 0 Å². The van der Waals surface area contributed by atoms with Gasteiger partial charge in [-0.25, -0.2) is 4.79 Å². The summed E-state index contributed by atoms with van der Waals surface area (Å²) in [7, 11) is 0. The summed E-state index contributed by atoms with van der Waals surface area (Å²) in [6.07, 6.45) is 4.16. The van der Waals surface area contributed by atoms with Crippen LogP contribution in [0.25, 0.3) is 0 Å². The van der Waals surface area contributed by atoms with Crippen LogP contribution in [0.3, 0.4) is 0 Å². The first-order chi connectivity index (χ1) is 9.80. The van der Waals surface area contributed by atoms with Crippen molar-refractivity contribution in [1.29, 1.82) is 0 Å². The van der Waals surface area contributed by atoms with Crippen LogP contribution in [0.5, 0.6) is 0 Å². The molecule has 0 spiro atoms. The number of likely N-dealkylation sites (tertiary alicyclic amines) is 1. The summed E-state index contributed by atoms with van der Waals surface area (Å²) in [5.41, 5.74) is 0.246. The van der Waals surface area contributed by atoms with Gasteiger partial charge in [0.25, 0.3) is 0 Å². The lowest BCUT2D eigenvalue weighted by molar-refractivity contribution is -0.137. The highest BCUT2D eigenvalue weighted by molar-refractivity contribution is 5.94. The number of hydrogen-bond donors (Lipinski definition) is 2. The van der Waals surface area contributed by atoms with E-state index >= 15 is 0 Å². The van der Waals surface area contributed by atoms with Crippen molar-refractivity contribution in [2.75, 3.05) is 13.1 Å². The van der Waals surface area contributed by atoms with E-state index in [9.17, 15) is 14.4 Å². The summed E-state index contributed by atoms with van der Waals surface area (Å²) in [5, 5.41) is 10.9. The quantitative estimate of drug-likeness (QED) is 0.763. The van der Waals surface area contributed by atoms with E-state index in [1.165, 1.54) is 0 Å². The van der Waals surface area contributed by atoms with Gasteiger partial charge in [0.1, 0.15) is 0 Å². The Bertz CT molecular complexity index is 393. The average Bonchev–Trinajstić information content (AvgIpc) is 2.55. The maximum absolute atomic E-state index is 12.0. The van der Waals surface area contributed by atoms with Crippen LogP contribution in [0, 0.1) is 5.41 Å². The summed E-state index contributed by atoms with van der Waals surface area (Å²) in [5.74, 6) is -1.19. The summed E-state index contributed by atoms with van der Waals surface area (Å²) in [6.45, 7) is 5.75. The second-order valence-corrected chi connectivity index (χ2v) is 6.46. The molecule has 1 heterocycles. The van der Waals surface area contributed by atoms with Crippen LogP contribution < -0.4 is 5.32 Å². The molecule has 1 saturated heterocycles. The number of carboxylic acids is 1. The van der Waals surface area contributed by atoms with E-state index in [0.717, 1.165) is 19.3 Å². The predicted molar refractivity (Wildman–Crippen MR) is 78.8 cm³/mol. The molecule has 0 radical (unpaired) electrons. The maximum atomic E-state index is 12.0. The summed E-state index contributed by atoms with van der Waals surface area (Å²) < 4.78 is 0. The average molecular weight is 298 g/mol. The number of hydrogen-bond acceptors (Lipinski definition) is 3. The summed E-state index contributed by atoms with van der Waals surface area (Å²) >= 11 is 0. The highest BCUT2D eigenvalue weighted by atomic mass is 16.4. The topological polar surface area (TPSA) is 86.7 Å². The number of imide groups is 1. The molecule has 1 aliphatic rings. The number of amides is 3. The number of nitrogens with one attached hydrogen (secondary N) is 1. The van der Waals surface area contributed by atoms with Gasteiger partial charge in [-0.3, -0.25) is 14.9 Å². The fraction of sp³-hybridized carbons (Fsp3) is 0.800. The third kappa shape index (κ3) is 7.11. The highest BCUT2D eigenvalue weighted by Crippen LogP contribution is 2.29. The SMILES string of the molecule is CC1(C)CCCN(C(=O)NC(=O)CCCCC(=O)O)CC1. The maximum Gasteiger partial charge on any atom is 0.324 e. The Hall–Kier alpha value is -1.59. The van der Waals surface area contributed by atoms with Gasteiger partial charge < -0.3 is 10.0 Å². The van der Waals surface area contributed by atoms with Gasteiger partial charge in [-0.1, -0.05) is 13.8 Å². The van der Waals surface area contributed by atoms with Gasteiger partial charge in [0.05, 0.1) is 0 Å². The van der Waals surface area contributed by atoms with Crippen molar-refractivity contribution in [1.82, 2.24) is 10.2 Å². The summed E-state index contributed by atoms with van der Waals surface area (Å²) in [6, 6.07) is -0.323. The Morgan fingerprint density at radius 1 is 1.10 bits per heavy atom. The molecule has 0 bridgehead atoms. The first-order valence-electron chi connectivity index (χ1n) is 7.61. The third-order valence-corrected chi connectivity index (χ3v) is 3.92. The molecule has 1 fully saturated rings. The molecule has 0 aliphatic carbocycles. The molecule has 0 aromatic carbocycles. The number of rotatable bonds is 5. The first kappa shape index (κ1) is 17.5. The van der Waals surface area contributed by atoms with Crippen molar-refractivity contribution in [3.05, 3.63) is 0 Å². The van der Waals surface area contributed by atoms with Crippen LogP contribution in [0.4, 0.5) is 4.79 Å². The zero-order chi connectivity index (χ0) is 15.9. The molecule has 0 atom stereocenters. The molecule has 2 N–H and O–H groups in total. The van der Waals surface area contributed by atoms with Gasteiger partial charge in [-0.15, -0.1) is 0 Å². The van der Waals surface area contributed by atoms with Gasteiger partial charge in [0, 0.05) is 25.9 Å². The van der Waals surface area contributed by atoms with Crippen molar-refractivity contribution < 1.29 is 19.5 Å². The Morgan fingerprint density at radius 3 is 2.43 bits per heavy atom. The van der Waals surface area contributed by atoms with E-state index in [0.29, 0.717) is 25.9 Å². The predicted octanol–water partition coefficient (Wildman–Crippen LogP) is 2.38. The zero-order valence-corrected chi connectivity index (χ0v) is 13.0. The lowest BCUT2D eigenvalue weighted by Gasteiger charge is -2.23. The standard InChI is InChI=1S/C15H26N2O4/c1-15(2)8-5-10-17(11-9-15)14(21)16-12(18)6-3-4-7-13(19)20/h3-11H2,1-2H3,(H,19,20)(H,16,18,21). The molecular formula is C15H26N2O4. The zero-order valence-electron chi connectivity index (χ0n) is 13.0. The largest absolute Gasteiger partial charge is 0.481 e. The van der Waals surface area contributed by atoms with Crippen molar-refractivity contribution in [2.24, 2.45) is 5.41 Å². The van der Waals surface area contributed by atoms with Gasteiger partial charge >= 0.3 is 12.0 Å². The number of urea groups is 1. The van der Waals surface area contributed by atoms with Crippen LogP contribution >= 0.6 is 0 Å². The van der Waals surface area contributed by atoms with E-state index < -0.39 is 5.97 Å². The Labute approximate surface area is 125 Å². The molecule has 1 aliphatic heterocycles. The number of unbranched alkanes of at least 4 members (excludes halogenated alkanes) is 1. The smallest absolute Gasteiger partial charge is 0.324 e. The molecule has 0 saturated carbocycles. The van der Waals surface area contributed by atoms with Crippen LogP contribution in [-0.2, 0) is 9.59 Å². The van der Waals surface area contributed by atoms with E-state index in [2.05, 4.69) is 19.2 Å². The fourth-order valence-corrected chi connectivity index (χ4v) is 2.45. The second kappa shape index (κ2) is 8.00. The van der Waals surface area contributed by atoms with Crippen LogP contribution in [0.1, 0.15) is 58.8 Å². The van der Waals surface area contributed by atoms with E-state index in [1.807, 2.05) is 0 Å². The molecule has 0 aromatic rings. The summed E-state index contributed by atoms with van der Waals surface area (Å²) in [4.78, 5) is 35.7. The van der Waals surface area contributed by atoms with Crippen LogP contribution in [0.2, 0.25) is 0 Å². The first-order valence-corrected chi connectivity index (χ1v) is 7.61. The van der Waals surface area contributed by atoms with Gasteiger partial charge in [0.2, 0.25) is 5.91 Å². The van der Waals surface area contributed by atoms with E-state index in [-0.39, 0.29) is 30.2 Å². The molecule has 120 valence electrons. The molecule has 3 amide bonds. The highest BCUT2D eigenvalue weighted by Gasteiger charge is 2.25. The molecule has 0 unspecified atom stereocenters. The van der Waals surface area contributed by atoms with E-state index in [1.54, 1.807) is 4.90 Å². The molecule has 6 heteroatoms. The fourth-order valence-electron chi connectivity index (χ4n) is 2.45. The molecule has 1 rings (SSSR count). The van der Waals surface area contributed by atoms with E-state index in [4.69, 9.17) is 5.11 Å². The normalized spacial score (nSPS) is 17.9. The molecule has 6 nitrogen and oxygen atoms in total. The number of carbonyl (C=O) groups is 3. The van der Waals surface area contributed by atoms with Gasteiger partial charge in [-0.2, -0.15) is 0 Å². The third-order valence-electron chi connectivity index (χ3n) is 3.92. The molecule has 21 heavy (non-hydrogen) atoms. The Balaban J connectivity index is 2.28. The minimum Gasteiger partial charge on any atom is -0.481 e. The van der Waals surface area contributed by atoms with Crippen molar-refractivity contribution >= 4 is 17.9 Å². The van der Waals surface area contributed by atoms with Crippen molar-refractivity contribution in [2.45, 2.75) is 58.8 Å². The van der Waals surface area contributed by atoms with Gasteiger partial charge in [0.15, 0.2) is 0 Å². The number of carbonyl (C=O) groups excluding carboxylic acids is 2. The minimum absolute atomic E-state index is 0.0580. The molecular weight excluding hydrogens is 272 g/mol. The lowest BCUT2D eigenvalue weighted by Crippen LogP contribution is -2.43. The van der Waals surface area contributed by atoms with Crippen molar-refractivity contribution in [3.8, 4) is 0 Å². The number of carboxylic acid groups (broad SMARTS) is 1. The monoisotopic (exact) mass is 298 g/mol. The lowest BCUT2D eigenvalue weighted by atomic mass is 9.85. The minimum atomic E-state index is -0.862. The number of aliphatic carboxylic acids is 1. The molecule has 0 aromatic heterocycles. The Morgan fingerprint density at radius 2 is 1.76 bits per heavy atom. The number of nitrogens with zero attached hydrogens (tertiary/aromatic N) is 1. The van der Waals surface area contributed by atoms with Crippen molar-refractivity contribution in [3.63, 3.8) is 0 Å². The Kier molecular flexibility index (Phi) is 6.65.